The predicted molar refractivity (Wildman–Crippen MR) is 94.4 cm³/mol. The molecule has 24 heavy (non-hydrogen) atoms. The number of fused-ring (bicyclic) bond motifs is 1. The molecule has 6 heteroatoms. The van der Waals surface area contributed by atoms with Gasteiger partial charge in [0.25, 0.3) is 5.56 Å². The van der Waals surface area contributed by atoms with Gasteiger partial charge in [-0.25, -0.2) is 4.98 Å². The van der Waals surface area contributed by atoms with E-state index < -0.39 is 0 Å². The summed E-state index contributed by atoms with van der Waals surface area (Å²) in [6.07, 6.45) is 3.13. The maximum absolute atomic E-state index is 12.9. The lowest BCUT2D eigenvalue weighted by atomic mass is 10.1. The highest BCUT2D eigenvalue weighted by molar-refractivity contribution is 7.17. The van der Waals surface area contributed by atoms with Gasteiger partial charge in [-0.15, -0.1) is 11.3 Å². The first-order valence-electron chi connectivity index (χ1n) is 7.42. The lowest BCUT2D eigenvalue weighted by molar-refractivity contribution is 0.0966. The quantitative estimate of drug-likeness (QED) is 0.582. The molecule has 5 nitrogen and oxygen atoms in total. The third-order valence-electron chi connectivity index (χ3n) is 3.86. The summed E-state index contributed by atoms with van der Waals surface area (Å²) in [6, 6.07) is 13.2. The number of thiophene rings is 1. The molecule has 0 unspecified atom stereocenters. The van der Waals surface area contributed by atoms with E-state index in [4.69, 9.17) is 0 Å². The number of aromatic amines is 1. The van der Waals surface area contributed by atoms with Crippen LogP contribution in [0.25, 0.3) is 21.3 Å². The van der Waals surface area contributed by atoms with Crippen LogP contribution >= 0.6 is 11.3 Å². The number of hydrogen-bond donors (Lipinski definition) is 1. The molecule has 0 amide bonds. The molecule has 1 aromatic carbocycles. The van der Waals surface area contributed by atoms with Crippen LogP contribution in [0, 0.1) is 0 Å². The number of carbonyl (C=O) groups is 1. The summed E-state index contributed by atoms with van der Waals surface area (Å²) in [5.41, 5.74) is 2.11. The molecule has 0 aliphatic rings. The number of benzene rings is 1. The van der Waals surface area contributed by atoms with Gasteiger partial charge >= 0.3 is 0 Å². The number of carbonyl (C=O) groups excluding carboxylic acids is 1. The van der Waals surface area contributed by atoms with Crippen LogP contribution in [0.1, 0.15) is 10.5 Å². The molecule has 0 aliphatic carbocycles. The van der Waals surface area contributed by atoms with Gasteiger partial charge in [0.15, 0.2) is 5.78 Å². The molecule has 0 atom stereocenters. The zero-order valence-electron chi connectivity index (χ0n) is 12.6. The highest BCUT2D eigenvalue weighted by Crippen LogP contribution is 2.30. The molecule has 4 rings (SSSR count). The smallest absolute Gasteiger partial charge is 0.263 e. The molecule has 0 bridgehead atoms. The molecule has 3 aromatic heterocycles. The number of nitrogens with one attached hydrogen (secondary N) is 1. The monoisotopic (exact) mass is 335 g/mol. The van der Waals surface area contributed by atoms with E-state index in [1.807, 2.05) is 35.7 Å². The molecule has 3 heterocycles. The fourth-order valence-electron chi connectivity index (χ4n) is 2.65. The van der Waals surface area contributed by atoms with Gasteiger partial charge in [0, 0.05) is 17.1 Å². The molecule has 4 aromatic rings. The highest BCUT2D eigenvalue weighted by Gasteiger charge is 2.15. The van der Waals surface area contributed by atoms with Crippen LogP contribution < -0.4 is 5.56 Å². The molecule has 0 radical (unpaired) electrons. The average molecular weight is 335 g/mol. The Balaban J connectivity index is 1.80. The van der Waals surface area contributed by atoms with Crippen LogP contribution in [-0.2, 0) is 6.54 Å². The molecule has 0 spiro atoms. The summed E-state index contributed by atoms with van der Waals surface area (Å²) in [5.74, 6) is -0.153. The number of ketones is 1. The number of H-pyrrole nitrogens is 1. The van der Waals surface area contributed by atoms with E-state index in [9.17, 15) is 9.59 Å². The predicted octanol–water partition coefficient (Wildman–Crippen LogP) is 3.34. The van der Waals surface area contributed by atoms with Crippen LogP contribution in [0.4, 0.5) is 0 Å². The second kappa shape index (κ2) is 5.90. The first-order valence-corrected chi connectivity index (χ1v) is 8.30. The normalized spacial score (nSPS) is 11.0. The highest BCUT2D eigenvalue weighted by atomic mass is 32.1. The third-order valence-corrected chi connectivity index (χ3v) is 4.74. The van der Waals surface area contributed by atoms with Crippen LogP contribution in [-0.4, -0.2) is 20.3 Å². The maximum Gasteiger partial charge on any atom is 0.263 e. The number of hydrogen-bond acceptors (Lipinski definition) is 4. The summed E-state index contributed by atoms with van der Waals surface area (Å²) < 4.78 is 1.37. The van der Waals surface area contributed by atoms with Gasteiger partial charge in [-0.1, -0.05) is 30.3 Å². The van der Waals surface area contributed by atoms with Crippen molar-refractivity contribution in [2.24, 2.45) is 0 Å². The standard InChI is InChI=1S/C18H13N3O2S/c22-15(14-7-4-8-19-14)9-21-11-20-17-16(18(21)23)13(10-24-17)12-5-2-1-3-6-12/h1-8,10-11,19H,9H2. The topological polar surface area (TPSA) is 67.8 Å². The van der Waals surface area contributed by atoms with Crippen molar-refractivity contribution in [3.05, 3.63) is 76.4 Å². The minimum absolute atomic E-state index is 0.0354. The van der Waals surface area contributed by atoms with Gasteiger partial charge in [0.05, 0.1) is 24.0 Å². The number of rotatable bonds is 4. The Morgan fingerprint density at radius 3 is 2.75 bits per heavy atom. The fraction of sp³-hybridized carbons (Fsp3) is 0.0556. The molecule has 1 N–H and O–H groups in total. The number of aromatic nitrogens is 3. The van der Waals surface area contributed by atoms with E-state index in [0.29, 0.717) is 15.9 Å². The van der Waals surface area contributed by atoms with Crippen molar-refractivity contribution < 1.29 is 4.79 Å². The zero-order valence-corrected chi connectivity index (χ0v) is 13.4. The van der Waals surface area contributed by atoms with Gasteiger partial charge < -0.3 is 4.98 Å². The summed E-state index contributed by atoms with van der Waals surface area (Å²) in [5, 5.41) is 2.50. The molecule has 0 saturated carbocycles. The lowest BCUT2D eigenvalue weighted by Crippen LogP contribution is -2.24. The Morgan fingerprint density at radius 1 is 1.17 bits per heavy atom. The Morgan fingerprint density at radius 2 is 2.00 bits per heavy atom. The van der Waals surface area contributed by atoms with Crippen molar-refractivity contribution in [3.8, 4) is 11.1 Å². The van der Waals surface area contributed by atoms with E-state index in [-0.39, 0.29) is 17.9 Å². The summed E-state index contributed by atoms with van der Waals surface area (Å²) in [7, 11) is 0. The Bertz CT molecular complexity index is 1060. The van der Waals surface area contributed by atoms with Crippen molar-refractivity contribution in [3.63, 3.8) is 0 Å². The third kappa shape index (κ3) is 2.47. The first kappa shape index (κ1) is 14.6. The molecule has 0 aliphatic heterocycles. The van der Waals surface area contributed by atoms with Crippen LogP contribution in [0.2, 0.25) is 0 Å². The number of Topliss-reactive ketones (excluding diaryl/α,β-unsaturated/α-hetero) is 1. The van der Waals surface area contributed by atoms with E-state index in [0.717, 1.165) is 11.1 Å². The minimum Gasteiger partial charge on any atom is -0.359 e. The van der Waals surface area contributed by atoms with Crippen molar-refractivity contribution in [1.82, 2.24) is 14.5 Å². The van der Waals surface area contributed by atoms with Gasteiger partial charge in [0.1, 0.15) is 4.83 Å². The molecule has 118 valence electrons. The van der Waals surface area contributed by atoms with Crippen molar-refractivity contribution in [2.45, 2.75) is 6.54 Å². The summed E-state index contributed by atoms with van der Waals surface area (Å²) >= 11 is 1.43. The zero-order chi connectivity index (χ0) is 16.5. The fourth-order valence-corrected chi connectivity index (χ4v) is 3.56. The van der Waals surface area contributed by atoms with Crippen LogP contribution in [0.3, 0.4) is 0 Å². The van der Waals surface area contributed by atoms with Crippen molar-refractivity contribution >= 4 is 27.3 Å². The Hall–Kier alpha value is -2.99. The molecular weight excluding hydrogens is 322 g/mol. The van der Waals surface area contributed by atoms with Gasteiger partial charge in [-0.2, -0.15) is 0 Å². The Labute approximate surface area is 141 Å². The van der Waals surface area contributed by atoms with Crippen molar-refractivity contribution in [2.75, 3.05) is 0 Å². The van der Waals surface area contributed by atoms with Crippen molar-refractivity contribution in [1.29, 1.82) is 0 Å². The molecule has 0 saturated heterocycles. The second-order valence-corrected chi connectivity index (χ2v) is 6.24. The van der Waals surface area contributed by atoms with Gasteiger partial charge in [-0.05, 0) is 17.7 Å². The summed E-state index contributed by atoms with van der Waals surface area (Å²) in [4.78, 5) is 33.0. The van der Waals surface area contributed by atoms with Crippen LogP contribution in [0.15, 0.2) is 65.2 Å². The van der Waals surface area contributed by atoms with E-state index >= 15 is 0 Å². The Kier molecular flexibility index (Phi) is 3.59. The average Bonchev–Trinajstić information content (AvgIpc) is 3.28. The first-order chi connectivity index (χ1) is 11.7. The second-order valence-electron chi connectivity index (χ2n) is 5.38. The SMILES string of the molecule is O=C(Cn1cnc2scc(-c3ccccc3)c2c1=O)c1ccc[nH]1. The molecule has 0 fully saturated rings. The summed E-state index contributed by atoms with van der Waals surface area (Å²) in [6.45, 7) is -0.0354. The number of nitrogens with zero attached hydrogens (tertiary/aromatic N) is 2. The minimum atomic E-state index is -0.194. The maximum atomic E-state index is 12.9. The van der Waals surface area contributed by atoms with E-state index in [2.05, 4.69) is 9.97 Å². The largest absolute Gasteiger partial charge is 0.359 e. The molecular formula is C18H13N3O2S. The van der Waals surface area contributed by atoms with Gasteiger partial charge in [0.2, 0.25) is 0 Å². The van der Waals surface area contributed by atoms with E-state index in [1.165, 1.54) is 22.2 Å². The van der Waals surface area contributed by atoms with E-state index in [1.54, 1.807) is 18.3 Å². The lowest BCUT2D eigenvalue weighted by Gasteiger charge is -2.05. The van der Waals surface area contributed by atoms with Gasteiger partial charge in [-0.3, -0.25) is 14.2 Å². The van der Waals surface area contributed by atoms with Crippen LogP contribution in [0.5, 0.6) is 0 Å².